The van der Waals surface area contributed by atoms with E-state index in [0.29, 0.717) is 19.4 Å². The van der Waals surface area contributed by atoms with E-state index in [4.69, 9.17) is 28.8 Å². The van der Waals surface area contributed by atoms with Crippen LogP contribution in [0.4, 0.5) is 0 Å². The number of hydrogen-bond donors (Lipinski definition) is 2. The summed E-state index contributed by atoms with van der Waals surface area (Å²) in [4.78, 5) is 57.8. The Bertz CT molecular complexity index is 757. The van der Waals surface area contributed by atoms with Gasteiger partial charge in [0, 0.05) is 40.7 Å². The smallest absolute Gasteiger partial charge is 0.303 e. The average molecular weight is 532 g/mol. The van der Waals surface area contributed by atoms with E-state index in [1.54, 1.807) is 0 Å². The molecule has 0 aromatic rings. The zero-order chi connectivity index (χ0) is 27.8. The third-order valence-electron chi connectivity index (χ3n) is 5.70. The van der Waals surface area contributed by atoms with Gasteiger partial charge in [0.05, 0.1) is 19.1 Å². The molecule has 1 amide bonds. The van der Waals surface area contributed by atoms with Gasteiger partial charge >= 0.3 is 23.9 Å². The van der Waals surface area contributed by atoms with Crippen LogP contribution in [0.5, 0.6) is 0 Å². The van der Waals surface area contributed by atoms with Crippen molar-refractivity contribution in [2.75, 3.05) is 19.8 Å². The third-order valence-corrected chi connectivity index (χ3v) is 5.70. The topological polar surface area (TPSA) is 164 Å². The van der Waals surface area contributed by atoms with Crippen LogP contribution in [0, 0.1) is 5.92 Å². The zero-order valence-electron chi connectivity index (χ0n) is 22.2. The molecule has 5 unspecified atom stereocenters. The summed E-state index contributed by atoms with van der Waals surface area (Å²) >= 11 is 0. The SMILES string of the molecule is CC(=O)NC1C(OCCCCCCCCCC(=O)O)OCC(COC(C)=O)C(OC(C)=O)C1OC(C)=O. The van der Waals surface area contributed by atoms with Crippen molar-refractivity contribution in [1.82, 2.24) is 5.32 Å². The second kappa shape index (κ2) is 17.7. The highest BCUT2D eigenvalue weighted by atomic mass is 16.7. The Kier molecular flexibility index (Phi) is 15.4. The van der Waals surface area contributed by atoms with Crippen molar-refractivity contribution in [2.24, 2.45) is 5.92 Å². The first-order chi connectivity index (χ1) is 17.5. The number of carboxylic acids is 1. The molecule has 1 fully saturated rings. The van der Waals surface area contributed by atoms with E-state index in [-0.39, 0.29) is 19.6 Å². The van der Waals surface area contributed by atoms with Crippen LogP contribution in [-0.4, -0.2) is 79.3 Å². The van der Waals surface area contributed by atoms with Gasteiger partial charge in [-0.2, -0.15) is 0 Å². The van der Waals surface area contributed by atoms with E-state index < -0.39 is 60.2 Å². The number of carbonyl (C=O) groups excluding carboxylic acids is 4. The fourth-order valence-electron chi connectivity index (χ4n) is 4.10. The summed E-state index contributed by atoms with van der Waals surface area (Å²) in [5, 5.41) is 11.4. The minimum atomic E-state index is -1.15. The van der Waals surface area contributed by atoms with Crippen molar-refractivity contribution >= 4 is 29.8 Å². The lowest BCUT2D eigenvalue weighted by Crippen LogP contribution is -2.57. The maximum absolute atomic E-state index is 12.0. The molecular weight excluding hydrogens is 490 g/mol. The molecule has 0 radical (unpaired) electrons. The second-order valence-electron chi connectivity index (χ2n) is 9.13. The molecule has 0 aliphatic carbocycles. The van der Waals surface area contributed by atoms with Gasteiger partial charge in [-0.15, -0.1) is 0 Å². The molecule has 12 heteroatoms. The van der Waals surface area contributed by atoms with Crippen molar-refractivity contribution in [3.05, 3.63) is 0 Å². The van der Waals surface area contributed by atoms with Gasteiger partial charge in [-0.1, -0.05) is 32.1 Å². The van der Waals surface area contributed by atoms with Crippen LogP contribution in [0.1, 0.15) is 79.1 Å². The number of carbonyl (C=O) groups is 5. The molecule has 12 nitrogen and oxygen atoms in total. The summed E-state index contributed by atoms with van der Waals surface area (Å²) < 4.78 is 28.0. The van der Waals surface area contributed by atoms with Gasteiger partial charge in [-0.3, -0.25) is 24.0 Å². The van der Waals surface area contributed by atoms with E-state index in [9.17, 15) is 24.0 Å². The largest absolute Gasteiger partial charge is 0.481 e. The van der Waals surface area contributed by atoms with Crippen molar-refractivity contribution in [3.8, 4) is 0 Å². The van der Waals surface area contributed by atoms with Gasteiger partial charge in [-0.05, 0) is 12.8 Å². The summed E-state index contributed by atoms with van der Waals surface area (Å²) in [6.45, 7) is 5.04. The van der Waals surface area contributed by atoms with Crippen molar-refractivity contribution < 1.29 is 52.8 Å². The fraction of sp³-hybridized carbons (Fsp3) is 0.800. The Morgan fingerprint density at radius 3 is 1.92 bits per heavy atom. The summed E-state index contributed by atoms with van der Waals surface area (Å²) in [5.74, 6) is -3.72. The molecule has 0 saturated carbocycles. The van der Waals surface area contributed by atoms with E-state index in [1.807, 2.05) is 0 Å². The lowest BCUT2D eigenvalue weighted by molar-refractivity contribution is -0.185. The van der Waals surface area contributed by atoms with Crippen LogP contribution in [0.3, 0.4) is 0 Å². The predicted molar refractivity (Wildman–Crippen MR) is 129 cm³/mol. The van der Waals surface area contributed by atoms with Crippen molar-refractivity contribution in [3.63, 3.8) is 0 Å². The van der Waals surface area contributed by atoms with Gasteiger partial charge in [-0.25, -0.2) is 0 Å². The number of ether oxygens (including phenoxy) is 5. The van der Waals surface area contributed by atoms with Gasteiger partial charge < -0.3 is 34.1 Å². The van der Waals surface area contributed by atoms with Crippen LogP contribution >= 0.6 is 0 Å². The number of aliphatic carboxylic acids is 1. The molecular formula is C25H41NO11. The second-order valence-corrected chi connectivity index (χ2v) is 9.13. The standard InChI is InChI=1S/C25H41NO11/c1-16(27)26-22-24(37-19(4)30)23(36-18(3)29)20(14-34-17(2)28)15-35-25(22)33-13-11-9-7-5-6-8-10-12-21(31)32/h20,22-25H,5-15H2,1-4H3,(H,26,27)(H,31,32). The third kappa shape index (κ3) is 14.0. The monoisotopic (exact) mass is 531 g/mol. The molecule has 1 rings (SSSR count). The Labute approximate surface area is 217 Å². The zero-order valence-corrected chi connectivity index (χ0v) is 22.2. The summed E-state index contributed by atoms with van der Waals surface area (Å²) in [7, 11) is 0. The summed E-state index contributed by atoms with van der Waals surface area (Å²) in [6.07, 6.45) is 3.05. The molecule has 0 spiro atoms. The normalized spacial score (nSPS) is 23.4. The summed E-state index contributed by atoms with van der Waals surface area (Å²) in [6, 6.07) is -0.984. The van der Waals surface area contributed by atoms with Crippen LogP contribution in [0.2, 0.25) is 0 Å². The van der Waals surface area contributed by atoms with Crippen LogP contribution < -0.4 is 5.32 Å². The lowest BCUT2D eigenvalue weighted by Gasteiger charge is -2.34. The van der Waals surface area contributed by atoms with Crippen molar-refractivity contribution in [2.45, 2.75) is 104 Å². The lowest BCUT2D eigenvalue weighted by atomic mass is 9.95. The van der Waals surface area contributed by atoms with Crippen LogP contribution in [0.15, 0.2) is 0 Å². The van der Waals surface area contributed by atoms with Gasteiger partial charge in [0.2, 0.25) is 5.91 Å². The first kappa shape index (κ1) is 32.3. The first-order valence-corrected chi connectivity index (χ1v) is 12.7. The quantitative estimate of drug-likeness (QED) is 0.170. The minimum Gasteiger partial charge on any atom is -0.481 e. The maximum atomic E-state index is 12.0. The van der Waals surface area contributed by atoms with Crippen LogP contribution in [-0.2, 0) is 47.7 Å². The Morgan fingerprint density at radius 1 is 0.811 bits per heavy atom. The molecule has 1 aliphatic rings. The van der Waals surface area contributed by atoms with Gasteiger partial charge in [0.25, 0.3) is 0 Å². The van der Waals surface area contributed by atoms with E-state index in [0.717, 1.165) is 32.1 Å². The maximum Gasteiger partial charge on any atom is 0.303 e. The average Bonchev–Trinajstić information content (AvgIpc) is 2.90. The molecule has 1 aliphatic heterocycles. The predicted octanol–water partition coefficient (Wildman–Crippen LogP) is 2.11. The van der Waals surface area contributed by atoms with E-state index in [2.05, 4.69) is 5.32 Å². The molecule has 2 N–H and O–H groups in total. The van der Waals surface area contributed by atoms with Crippen molar-refractivity contribution in [1.29, 1.82) is 0 Å². The highest BCUT2D eigenvalue weighted by molar-refractivity contribution is 5.73. The minimum absolute atomic E-state index is 0.0416. The Hall–Kier alpha value is -2.73. The van der Waals surface area contributed by atoms with Gasteiger partial charge in [0.1, 0.15) is 12.1 Å². The first-order valence-electron chi connectivity index (χ1n) is 12.7. The Balaban J connectivity index is 2.84. The number of unbranched alkanes of at least 4 members (excludes halogenated alkanes) is 6. The highest BCUT2D eigenvalue weighted by Gasteiger charge is 2.48. The number of amides is 1. The van der Waals surface area contributed by atoms with E-state index in [1.165, 1.54) is 27.7 Å². The molecule has 212 valence electrons. The number of esters is 3. The Morgan fingerprint density at radius 2 is 1.38 bits per heavy atom. The van der Waals surface area contributed by atoms with E-state index >= 15 is 0 Å². The summed E-state index contributed by atoms with van der Waals surface area (Å²) in [5.41, 5.74) is 0. The highest BCUT2D eigenvalue weighted by Crippen LogP contribution is 2.27. The molecule has 0 aromatic heterocycles. The molecule has 0 aromatic carbocycles. The van der Waals surface area contributed by atoms with Gasteiger partial charge in [0.15, 0.2) is 12.4 Å². The number of hydrogen-bond acceptors (Lipinski definition) is 10. The number of carboxylic acid groups (broad SMARTS) is 1. The molecule has 1 heterocycles. The fourth-order valence-corrected chi connectivity index (χ4v) is 4.10. The van der Waals surface area contributed by atoms with Crippen LogP contribution in [0.25, 0.3) is 0 Å². The number of rotatable bonds is 16. The molecule has 1 saturated heterocycles. The number of nitrogens with one attached hydrogen (secondary N) is 1. The molecule has 37 heavy (non-hydrogen) atoms. The molecule has 0 bridgehead atoms. The molecule has 5 atom stereocenters.